The number of imidazole rings is 2. The van der Waals surface area contributed by atoms with Gasteiger partial charge in [-0.05, 0) is 93.2 Å². The topological polar surface area (TPSA) is 77.3 Å². The Labute approximate surface area is 157 Å². The minimum atomic E-state index is -0.151. The molecule has 0 amide bonds. The van der Waals surface area contributed by atoms with Crippen molar-refractivity contribution in [1.82, 2.24) is 19.9 Å². The van der Waals surface area contributed by atoms with Gasteiger partial charge in [0.2, 0.25) is 5.28 Å². The second-order valence-electron chi connectivity index (χ2n) is 4.46. The van der Waals surface area contributed by atoms with Crippen molar-refractivity contribution in [3.05, 3.63) is 59.3 Å². The van der Waals surface area contributed by atoms with Crippen LogP contribution in [0.25, 0.3) is 22.1 Å². The van der Waals surface area contributed by atoms with Crippen LogP contribution in [0.1, 0.15) is 0 Å². The third kappa shape index (κ3) is 3.63. The van der Waals surface area contributed by atoms with Crippen LogP contribution >= 0.6 is 56.8 Å². The van der Waals surface area contributed by atoms with Gasteiger partial charge in [0, 0.05) is 7.14 Å². The van der Waals surface area contributed by atoms with E-state index >= 15 is 0 Å². The summed E-state index contributed by atoms with van der Waals surface area (Å²) in [6.07, 6.45) is 0. The Morgan fingerprint density at radius 1 is 0.864 bits per heavy atom. The van der Waals surface area contributed by atoms with Gasteiger partial charge in [-0.1, -0.05) is 0 Å². The first-order chi connectivity index (χ1) is 10.5. The zero-order valence-electron chi connectivity index (χ0n) is 11.0. The lowest BCUT2D eigenvalue weighted by atomic mass is 10.3. The van der Waals surface area contributed by atoms with Gasteiger partial charge in [0.05, 0.1) is 22.1 Å². The van der Waals surface area contributed by atoms with Gasteiger partial charge in [-0.3, -0.25) is 0 Å². The Bertz CT molecular complexity index is 1000. The largest absolute Gasteiger partial charge is 0.329 e. The predicted molar refractivity (Wildman–Crippen MR) is 105 cm³/mol. The Balaban J connectivity index is 0.000000131. The summed E-state index contributed by atoms with van der Waals surface area (Å²) in [4.78, 5) is 23.2. The molecule has 0 bridgehead atoms. The van der Waals surface area contributed by atoms with Crippen LogP contribution in [0.4, 0.5) is 0 Å². The highest BCUT2D eigenvalue weighted by atomic mass is 127. The lowest BCUT2D eigenvalue weighted by molar-refractivity contribution is 1.21. The van der Waals surface area contributed by atoms with Gasteiger partial charge >= 0.3 is 5.69 Å². The normalized spacial score (nSPS) is 10.7. The van der Waals surface area contributed by atoms with Crippen LogP contribution in [0.2, 0.25) is 5.28 Å². The Morgan fingerprint density at radius 3 is 2.27 bits per heavy atom. The van der Waals surface area contributed by atoms with E-state index in [1.54, 1.807) is 0 Å². The maximum absolute atomic E-state index is 10.8. The number of rotatable bonds is 0. The first kappa shape index (κ1) is 15.8. The number of fused-ring (bicyclic) bond motifs is 2. The molecule has 2 aromatic heterocycles. The monoisotopic (exact) mass is 538 g/mol. The van der Waals surface area contributed by atoms with Crippen molar-refractivity contribution >= 4 is 78.8 Å². The lowest BCUT2D eigenvalue weighted by Crippen LogP contribution is -1.99. The van der Waals surface area contributed by atoms with Gasteiger partial charge in [0.25, 0.3) is 0 Å². The van der Waals surface area contributed by atoms with Crippen LogP contribution in [-0.4, -0.2) is 19.9 Å². The summed E-state index contributed by atoms with van der Waals surface area (Å²) in [5, 5.41) is 0.446. The zero-order chi connectivity index (χ0) is 15.7. The molecular formula is C14H9ClI2N4O. The molecule has 0 atom stereocenters. The zero-order valence-corrected chi connectivity index (χ0v) is 16.0. The van der Waals surface area contributed by atoms with Crippen LogP contribution in [0, 0.1) is 7.14 Å². The van der Waals surface area contributed by atoms with E-state index in [9.17, 15) is 4.79 Å². The fraction of sp³-hybridized carbons (Fsp3) is 0. The lowest BCUT2D eigenvalue weighted by Gasteiger charge is -1.88. The second kappa shape index (κ2) is 6.59. The van der Waals surface area contributed by atoms with Crippen LogP contribution < -0.4 is 5.69 Å². The van der Waals surface area contributed by atoms with E-state index in [0.29, 0.717) is 5.28 Å². The summed E-state index contributed by atoms with van der Waals surface area (Å²) in [7, 11) is 0. The Morgan fingerprint density at radius 2 is 1.50 bits per heavy atom. The molecule has 5 nitrogen and oxygen atoms in total. The van der Waals surface area contributed by atoms with E-state index in [0.717, 1.165) is 25.6 Å². The summed E-state index contributed by atoms with van der Waals surface area (Å²) in [5.74, 6) is 0. The van der Waals surface area contributed by atoms with Crippen molar-refractivity contribution in [2.45, 2.75) is 0 Å². The quantitative estimate of drug-likeness (QED) is 0.293. The van der Waals surface area contributed by atoms with Crippen LogP contribution in [-0.2, 0) is 0 Å². The molecule has 2 aromatic carbocycles. The number of halogens is 3. The smallest absolute Gasteiger partial charge is 0.323 e. The van der Waals surface area contributed by atoms with Crippen molar-refractivity contribution in [1.29, 1.82) is 0 Å². The third-order valence-electron chi connectivity index (χ3n) is 2.89. The van der Waals surface area contributed by atoms with Gasteiger partial charge in [-0.15, -0.1) is 0 Å². The Hall–Kier alpha value is -1.07. The summed E-state index contributed by atoms with van der Waals surface area (Å²) >= 11 is 10.1. The molecule has 8 heteroatoms. The molecule has 4 aromatic rings. The number of nitrogens with zero attached hydrogens (tertiary/aromatic N) is 1. The van der Waals surface area contributed by atoms with E-state index < -0.39 is 0 Å². The molecule has 0 aliphatic heterocycles. The molecule has 0 saturated heterocycles. The molecule has 0 spiro atoms. The average Bonchev–Trinajstić information content (AvgIpc) is 2.99. The van der Waals surface area contributed by atoms with Crippen LogP contribution in [0.5, 0.6) is 0 Å². The third-order valence-corrected chi connectivity index (χ3v) is 4.41. The van der Waals surface area contributed by atoms with Crippen LogP contribution in [0.15, 0.2) is 41.2 Å². The van der Waals surface area contributed by atoms with Crippen molar-refractivity contribution in [2.75, 3.05) is 0 Å². The fourth-order valence-electron chi connectivity index (χ4n) is 1.96. The SMILES string of the molecule is Clc1nc2ccc(I)cc2[nH]1.O=c1[nH]c2ccc(I)cc2[nH]1. The molecular weight excluding hydrogens is 529 g/mol. The number of benzene rings is 2. The van der Waals surface area contributed by atoms with Gasteiger partial charge in [-0.2, -0.15) is 0 Å². The number of H-pyrrole nitrogens is 3. The van der Waals surface area contributed by atoms with Crippen molar-refractivity contribution in [3.63, 3.8) is 0 Å². The van der Waals surface area contributed by atoms with Crippen molar-refractivity contribution < 1.29 is 0 Å². The highest BCUT2D eigenvalue weighted by molar-refractivity contribution is 14.1. The molecule has 0 aliphatic carbocycles. The molecule has 4 rings (SSSR count). The Kier molecular flexibility index (Phi) is 4.73. The average molecular weight is 539 g/mol. The molecule has 22 heavy (non-hydrogen) atoms. The first-order valence-electron chi connectivity index (χ1n) is 6.19. The number of hydrogen-bond acceptors (Lipinski definition) is 2. The van der Waals surface area contributed by atoms with E-state index in [2.05, 4.69) is 65.1 Å². The van der Waals surface area contributed by atoms with Gasteiger partial charge in [0.15, 0.2) is 0 Å². The number of hydrogen-bond donors (Lipinski definition) is 3. The standard InChI is InChI=1S/C7H4ClIN2.C7H5IN2O/c8-7-10-5-2-1-4(9)3-6(5)11-7;8-4-1-2-5-6(3-4)10-7(11)9-5/h1-3H,(H,10,11);1-3H,(H2,9,10,11). The summed E-state index contributed by atoms with van der Waals surface area (Å²) in [6.45, 7) is 0. The highest BCUT2D eigenvalue weighted by Gasteiger charge is 1.99. The van der Waals surface area contributed by atoms with Crippen molar-refractivity contribution in [2.24, 2.45) is 0 Å². The predicted octanol–water partition coefficient (Wildman–Crippen LogP) is 4.28. The highest BCUT2D eigenvalue weighted by Crippen LogP contribution is 2.16. The number of nitrogens with one attached hydrogen (secondary N) is 3. The van der Waals surface area contributed by atoms with E-state index in [4.69, 9.17) is 11.6 Å². The van der Waals surface area contributed by atoms with E-state index in [1.807, 2.05) is 36.4 Å². The molecule has 0 saturated carbocycles. The van der Waals surface area contributed by atoms with E-state index in [-0.39, 0.29) is 5.69 Å². The molecule has 112 valence electrons. The second-order valence-corrected chi connectivity index (χ2v) is 7.31. The maximum atomic E-state index is 10.8. The molecule has 0 fully saturated rings. The van der Waals surface area contributed by atoms with Gasteiger partial charge in [0.1, 0.15) is 0 Å². The fourth-order valence-corrected chi connectivity index (χ4v) is 3.13. The summed E-state index contributed by atoms with van der Waals surface area (Å²) in [6, 6.07) is 11.7. The minimum absolute atomic E-state index is 0.151. The summed E-state index contributed by atoms with van der Waals surface area (Å²) < 4.78 is 2.29. The summed E-state index contributed by atoms with van der Waals surface area (Å²) in [5.41, 5.74) is 3.47. The first-order valence-corrected chi connectivity index (χ1v) is 8.73. The van der Waals surface area contributed by atoms with Gasteiger partial charge in [-0.25, -0.2) is 9.78 Å². The number of aromatic amines is 3. The van der Waals surface area contributed by atoms with Crippen molar-refractivity contribution in [3.8, 4) is 0 Å². The van der Waals surface area contributed by atoms with Gasteiger partial charge < -0.3 is 15.0 Å². The van der Waals surface area contributed by atoms with Crippen LogP contribution in [0.3, 0.4) is 0 Å². The molecule has 0 unspecified atom stereocenters. The molecule has 3 N–H and O–H groups in total. The molecule has 0 radical (unpaired) electrons. The maximum Gasteiger partial charge on any atom is 0.323 e. The number of aromatic nitrogens is 4. The minimum Gasteiger partial charge on any atom is -0.329 e. The van der Waals surface area contributed by atoms with E-state index in [1.165, 1.54) is 3.57 Å². The molecule has 2 heterocycles. The molecule has 0 aliphatic rings.